The Balaban J connectivity index is 2.57. The van der Waals surface area contributed by atoms with Crippen molar-refractivity contribution in [2.45, 2.75) is 9.79 Å². The Labute approximate surface area is 109 Å². The Morgan fingerprint density at radius 2 is 0.947 bits per heavy atom. The molecule has 0 saturated heterocycles. The van der Waals surface area contributed by atoms with E-state index in [1.54, 1.807) is 0 Å². The summed E-state index contributed by atoms with van der Waals surface area (Å²) in [5.74, 6) is -3.45. The molecule has 102 valence electrons. The first-order chi connectivity index (χ1) is 8.79. The van der Waals surface area contributed by atoms with Crippen molar-refractivity contribution in [1.29, 1.82) is 0 Å². The van der Waals surface area contributed by atoms with Gasteiger partial charge in [0.2, 0.25) is 0 Å². The molecular formula is C13H10F4OS. The first kappa shape index (κ1) is 13.9. The molecule has 0 radical (unpaired) electrons. The van der Waals surface area contributed by atoms with Crippen LogP contribution in [0, 0.1) is 23.3 Å². The van der Waals surface area contributed by atoms with Gasteiger partial charge in [0.15, 0.2) is 0 Å². The first-order valence-corrected chi connectivity index (χ1v) is 7.22. The standard InChI is InChI=1S/C13H10F4OS/c1-19(18,12-4-8(14)2-9(15)5-12)13-6-10(16)3-11(17)7-13/h2-7,18H,1H3. The van der Waals surface area contributed by atoms with Gasteiger partial charge >= 0.3 is 0 Å². The molecule has 0 fully saturated rings. The van der Waals surface area contributed by atoms with Crippen molar-refractivity contribution < 1.29 is 22.1 Å². The summed E-state index contributed by atoms with van der Waals surface area (Å²) in [4.78, 5) is -0.0926. The zero-order chi connectivity index (χ0) is 14.2. The number of hydrogen-bond donors (Lipinski definition) is 1. The second-order valence-corrected chi connectivity index (χ2v) is 6.78. The van der Waals surface area contributed by atoms with Gasteiger partial charge in [0, 0.05) is 21.9 Å². The summed E-state index contributed by atoms with van der Waals surface area (Å²) in [7, 11) is -2.89. The van der Waals surface area contributed by atoms with Gasteiger partial charge in [-0.05, 0) is 30.5 Å². The van der Waals surface area contributed by atoms with Gasteiger partial charge in [-0.15, -0.1) is 0 Å². The highest BCUT2D eigenvalue weighted by Gasteiger charge is 2.23. The highest BCUT2D eigenvalue weighted by Crippen LogP contribution is 2.56. The summed E-state index contributed by atoms with van der Waals surface area (Å²) in [6.45, 7) is 0. The van der Waals surface area contributed by atoms with Gasteiger partial charge in [0.1, 0.15) is 23.3 Å². The Morgan fingerprint density at radius 1 is 0.684 bits per heavy atom. The fraction of sp³-hybridized carbons (Fsp3) is 0.0769. The van der Waals surface area contributed by atoms with Crippen LogP contribution in [0.1, 0.15) is 0 Å². The van der Waals surface area contributed by atoms with E-state index in [4.69, 9.17) is 0 Å². The number of benzene rings is 2. The van der Waals surface area contributed by atoms with Gasteiger partial charge in [-0.1, -0.05) is 10.3 Å². The van der Waals surface area contributed by atoms with Crippen molar-refractivity contribution in [2.75, 3.05) is 6.26 Å². The molecule has 0 spiro atoms. The third-order valence-electron chi connectivity index (χ3n) is 2.59. The van der Waals surface area contributed by atoms with Crippen LogP contribution in [0.15, 0.2) is 46.2 Å². The van der Waals surface area contributed by atoms with E-state index in [0.717, 1.165) is 24.3 Å². The van der Waals surface area contributed by atoms with Gasteiger partial charge in [0.05, 0.1) is 0 Å². The molecule has 1 nitrogen and oxygen atoms in total. The molecule has 6 heteroatoms. The molecule has 0 saturated carbocycles. The molecule has 2 aromatic carbocycles. The average molecular weight is 290 g/mol. The summed E-state index contributed by atoms with van der Waals surface area (Å²) in [6.07, 6.45) is 1.29. The largest absolute Gasteiger partial charge is 0.343 e. The summed E-state index contributed by atoms with van der Waals surface area (Å²) >= 11 is 0. The highest BCUT2D eigenvalue weighted by molar-refractivity contribution is 8.28. The lowest BCUT2D eigenvalue weighted by molar-refractivity contribution is 0.567. The lowest BCUT2D eigenvalue weighted by Gasteiger charge is -2.30. The molecule has 0 aliphatic carbocycles. The van der Waals surface area contributed by atoms with E-state index in [1.165, 1.54) is 6.26 Å². The molecule has 0 atom stereocenters. The maximum Gasteiger partial charge on any atom is 0.127 e. The van der Waals surface area contributed by atoms with Crippen LogP contribution in [0.3, 0.4) is 0 Å². The molecule has 2 rings (SSSR count). The van der Waals surface area contributed by atoms with E-state index in [0.29, 0.717) is 12.1 Å². The Kier molecular flexibility index (Phi) is 3.56. The number of hydrogen-bond acceptors (Lipinski definition) is 1. The molecule has 0 aromatic heterocycles. The van der Waals surface area contributed by atoms with Crippen molar-refractivity contribution >= 4 is 10.3 Å². The van der Waals surface area contributed by atoms with Crippen LogP contribution < -0.4 is 0 Å². The predicted octanol–water partition coefficient (Wildman–Crippen LogP) is 4.57. The van der Waals surface area contributed by atoms with Crippen LogP contribution in [-0.2, 0) is 0 Å². The monoisotopic (exact) mass is 290 g/mol. The van der Waals surface area contributed by atoms with Gasteiger partial charge in [-0.2, -0.15) is 0 Å². The third-order valence-corrected chi connectivity index (χ3v) is 4.90. The Bertz CT molecular complexity index is 534. The SMILES string of the molecule is CS(O)(c1cc(F)cc(F)c1)c1cc(F)cc(F)c1. The lowest BCUT2D eigenvalue weighted by Crippen LogP contribution is -2.01. The van der Waals surface area contributed by atoms with Crippen LogP contribution in [0.2, 0.25) is 0 Å². The normalized spacial score (nSPS) is 12.5. The molecule has 2 aromatic rings. The van der Waals surface area contributed by atoms with Gasteiger partial charge in [-0.3, -0.25) is 0 Å². The molecule has 19 heavy (non-hydrogen) atoms. The number of rotatable bonds is 2. The van der Waals surface area contributed by atoms with Crippen LogP contribution in [0.4, 0.5) is 17.6 Å². The van der Waals surface area contributed by atoms with Crippen molar-refractivity contribution in [1.82, 2.24) is 0 Å². The van der Waals surface area contributed by atoms with E-state index in [-0.39, 0.29) is 9.79 Å². The van der Waals surface area contributed by atoms with Crippen molar-refractivity contribution in [3.63, 3.8) is 0 Å². The zero-order valence-electron chi connectivity index (χ0n) is 9.83. The number of halogens is 4. The van der Waals surface area contributed by atoms with Crippen LogP contribution in [0.25, 0.3) is 0 Å². The fourth-order valence-corrected chi connectivity index (χ4v) is 3.29. The smallest absolute Gasteiger partial charge is 0.127 e. The maximum atomic E-state index is 13.1. The molecule has 1 N–H and O–H groups in total. The zero-order valence-corrected chi connectivity index (χ0v) is 10.6. The van der Waals surface area contributed by atoms with Crippen LogP contribution in [0.5, 0.6) is 0 Å². The predicted molar refractivity (Wildman–Crippen MR) is 65.4 cm³/mol. The topological polar surface area (TPSA) is 20.2 Å². The molecule has 0 heterocycles. The van der Waals surface area contributed by atoms with Crippen molar-refractivity contribution in [3.8, 4) is 0 Å². The van der Waals surface area contributed by atoms with E-state index in [1.807, 2.05) is 0 Å². The van der Waals surface area contributed by atoms with E-state index >= 15 is 0 Å². The van der Waals surface area contributed by atoms with E-state index < -0.39 is 33.6 Å². The summed E-state index contributed by atoms with van der Waals surface area (Å²) in [5.41, 5.74) is 0. The van der Waals surface area contributed by atoms with Gasteiger partial charge < -0.3 is 4.55 Å². The molecule has 0 aliphatic heterocycles. The van der Waals surface area contributed by atoms with Crippen molar-refractivity contribution in [3.05, 3.63) is 59.7 Å². The third kappa shape index (κ3) is 2.90. The van der Waals surface area contributed by atoms with Crippen molar-refractivity contribution in [2.24, 2.45) is 0 Å². The molecule has 0 bridgehead atoms. The summed E-state index contributed by atoms with van der Waals surface area (Å²) in [5, 5.41) is 0. The van der Waals surface area contributed by atoms with Gasteiger partial charge in [-0.25, -0.2) is 17.6 Å². The molecule has 0 amide bonds. The van der Waals surface area contributed by atoms with Crippen LogP contribution in [-0.4, -0.2) is 10.8 Å². The summed E-state index contributed by atoms with van der Waals surface area (Å²) < 4.78 is 63.0. The Hall–Kier alpha value is -1.53. The minimum atomic E-state index is -2.89. The second-order valence-electron chi connectivity index (χ2n) is 4.09. The van der Waals surface area contributed by atoms with E-state index in [2.05, 4.69) is 0 Å². The molecule has 0 unspecified atom stereocenters. The average Bonchev–Trinajstić information content (AvgIpc) is 2.26. The lowest BCUT2D eigenvalue weighted by atomic mass is 10.3. The van der Waals surface area contributed by atoms with Crippen LogP contribution >= 0.6 is 10.3 Å². The first-order valence-electron chi connectivity index (χ1n) is 5.22. The summed E-state index contributed by atoms with van der Waals surface area (Å²) in [6, 6.07) is 5.10. The fourth-order valence-electron chi connectivity index (χ4n) is 1.65. The van der Waals surface area contributed by atoms with E-state index in [9.17, 15) is 22.1 Å². The highest BCUT2D eigenvalue weighted by atomic mass is 32.3. The minimum absolute atomic E-state index is 0.0463. The minimum Gasteiger partial charge on any atom is -0.343 e. The van der Waals surface area contributed by atoms with Gasteiger partial charge in [0.25, 0.3) is 0 Å². The quantitative estimate of drug-likeness (QED) is 0.803. The molecule has 0 aliphatic rings. The maximum absolute atomic E-state index is 13.1. The molecular weight excluding hydrogens is 280 g/mol. The second kappa shape index (κ2) is 4.86. The Morgan fingerprint density at radius 3 is 1.21 bits per heavy atom.